The zero-order chi connectivity index (χ0) is 13.4. The molecule has 102 valence electrons. The first-order valence-corrected chi connectivity index (χ1v) is 8.73. The predicted molar refractivity (Wildman–Crippen MR) is 84.3 cm³/mol. The highest BCUT2D eigenvalue weighted by atomic mass is 35.5. The summed E-state index contributed by atoms with van der Waals surface area (Å²) in [5, 5.41) is 12.7. The van der Waals surface area contributed by atoms with Crippen molar-refractivity contribution in [2.45, 2.75) is 23.5 Å². The number of hydrogen-bond donors (Lipinski definition) is 1. The number of halogens is 1. The number of hydrogen-bond acceptors (Lipinski definition) is 4. The highest BCUT2D eigenvalue weighted by Crippen LogP contribution is 2.40. The second kappa shape index (κ2) is 5.60. The van der Waals surface area contributed by atoms with Gasteiger partial charge in [0, 0.05) is 27.4 Å². The number of furan rings is 1. The van der Waals surface area contributed by atoms with Crippen LogP contribution in [0.2, 0.25) is 5.02 Å². The molecule has 1 aromatic heterocycles. The maximum absolute atomic E-state index is 10.5. The Bertz CT molecular complexity index is 584. The van der Waals surface area contributed by atoms with Crippen LogP contribution in [-0.2, 0) is 0 Å². The van der Waals surface area contributed by atoms with E-state index < -0.39 is 6.10 Å². The van der Waals surface area contributed by atoms with Crippen LogP contribution in [0.4, 0.5) is 0 Å². The van der Waals surface area contributed by atoms with Crippen molar-refractivity contribution in [2.24, 2.45) is 0 Å². The van der Waals surface area contributed by atoms with E-state index in [4.69, 9.17) is 16.0 Å². The summed E-state index contributed by atoms with van der Waals surface area (Å²) >= 11 is 9.84. The Balaban J connectivity index is 1.92. The van der Waals surface area contributed by atoms with Crippen molar-refractivity contribution in [1.82, 2.24) is 0 Å². The van der Waals surface area contributed by atoms with Crippen LogP contribution in [0.25, 0.3) is 11.0 Å². The Hall–Kier alpha value is -0.290. The molecule has 1 N–H and O–H groups in total. The van der Waals surface area contributed by atoms with Crippen LogP contribution in [0.15, 0.2) is 28.7 Å². The SMILES string of the molecule is CC1SCCSC1C(O)c1cc2cccc(Cl)c2o1. The molecule has 3 rings (SSSR count). The van der Waals surface area contributed by atoms with Crippen LogP contribution < -0.4 is 0 Å². The van der Waals surface area contributed by atoms with Gasteiger partial charge in [0.25, 0.3) is 0 Å². The quantitative estimate of drug-likeness (QED) is 0.893. The molecular weight excluding hydrogens is 300 g/mol. The summed E-state index contributed by atoms with van der Waals surface area (Å²) in [7, 11) is 0. The highest BCUT2D eigenvalue weighted by molar-refractivity contribution is 8.07. The molecule has 0 spiro atoms. The smallest absolute Gasteiger partial charge is 0.152 e. The van der Waals surface area contributed by atoms with Crippen molar-refractivity contribution in [3.05, 3.63) is 35.0 Å². The van der Waals surface area contributed by atoms with Gasteiger partial charge >= 0.3 is 0 Å². The summed E-state index contributed by atoms with van der Waals surface area (Å²) in [4.78, 5) is 0. The molecule has 2 heterocycles. The van der Waals surface area contributed by atoms with E-state index in [2.05, 4.69) is 6.92 Å². The van der Waals surface area contributed by atoms with Crippen LogP contribution in [-0.4, -0.2) is 27.1 Å². The molecule has 2 nitrogen and oxygen atoms in total. The number of thioether (sulfide) groups is 2. The van der Waals surface area contributed by atoms with Crippen LogP contribution >= 0.6 is 35.1 Å². The first-order valence-electron chi connectivity index (χ1n) is 6.26. The molecule has 0 bridgehead atoms. The van der Waals surface area contributed by atoms with Gasteiger partial charge in [-0.15, -0.1) is 0 Å². The minimum Gasteiger partial charge on any atom is -0.457 e. The van der Waals surface area contributed by atoms with Gasteiger partial charge < -0.3 is 9.52 Å². The average Bonchev–Trinajstić information content (AvgIpc) is 2.84. The van der Waals surface area contributed by atoms with Crippen LogP contribution in [0, 0.1) is 0 Å². The summed E-state index contributed by atoms with van der Waals surface area (Å²) in [5.41, 5.74) is 0.666. The Morgan fingerprint density at radius 3 is 2.89 bits per heavy atom. The van der Waals surface area contributed by atoms with Crippen LogP contribution in [0.5, 0.6) is 0 Å². The molecule has 1 fully saturated rings. The normalized spacial score (nSPS) is 25.6. The molecule has 1 aliphatic rings. The number of rotatable bonds is 2. The monoisotopic (exact) mass is 314 g/mol. The summed E-state index contributed by atoms with van der Waals surface area (Å²) in [6.07, 6.45) is -0.573. The third kappa shape index (κ3) is 2.64. The van der Waals surface area contributed by atoms with Crippen molar-refractivity contribution in [3.63, 3.8) is 0 Å². The van der Waals surface area contributed by atoms with Gasteiger partial charge in [0.1, 0.15) is 11.9 Å². The molecule has 1 aliphatic heterocycles. The lowest BCUT2D eigenvalue weighted by molar-refractivity contribution is 0.149. The van der Waals surface area contributed by atoms with Crippen molar-refractivity contribution in [2.75, 3.05) is 11.5 Å². The van der Waals surface area contributed by atoms with Gasteiger partial charge in [-0.2, -0.15) is 23.5 Å². The first kappa shape index (κ1) is 13.7. The van der Waals surface area contributed by atoms with Gasteiger partial charge in [-0.05, 0) is 12.1 Å². The molecule has 0 radical (unpaired) electrons. The van der Waals surface area contributed by atoms with Crippen molar-refractivity contribution in [1.29, 1.82) is 0 Å². The third-order valence-electron chi connectivity index (χ3n) is 3.35. The summed E-state index contributed by atoms with van der Waals surface area (Å²) in [6.45, 7) is 2.17. The minimum absolute atomic E-state index is 0.179. The molecule has 0 amide bonds. The fourth-order valence-corrected chi connectivity index (χ4v) is 5.38. The van der Waals surface area contributed by atoms with E-state index >= 15 is 0 Å². The molecule has 2 aromatic rings. The lowest BCUT2D eigenvalue weighted by Gasteiger charge is -2.30. The highest BCUT2D eigenvalue weighted by Gasteiger charge is 2.32. The summed E-state index contributed by atoms with van der Waals surface area (Å²) in [6, 6.07) is 7.55. The van der Waals surface area contributed by atoms with E-state index in [9.17, 15) is 5.11 Å². The Kier molecular flexibility index (Phi) is 4.03. The fraction of sp³-hybridized carbons (Fsp3) is 0.429. The topological polar surface area (TPSA) is 33.4 Å². The van der Waals surface area contributed by atoms with E-state index in [1.165, 1.54) is 0 Å². The lowest BCUT2D eigenvalue weighted by Crippen LogP contribution is -2.29. The van der Waals surface area contributed by atoms with E-state index in [0.717, 1.165) is 16.9 Å². The maximum Gasteiger partial charge on any atom is 0.152 e. The van der Waals surface area contributed by atoms with Gasteiger partial charge in [0.05, 0.1) is 5.02 Å². The van der Waals surface area contributed by atoms with Crippen molar-refractivity contribution >= 4 is 46.1 Å². The van der Waals surface area contributed by atoms with Crippen molar-refractivity contribution in [3.8, 4) is 0 Å². The standard InChI is InChI=1S/C14H15ClO2S2/c1-8-14(19-6-5-18-8)12(16)11-7-9-3-2-4-10(15)13(9)17-11/h2-4,7-8,12,14,16H,5-6H2,1H3. The molecule has 0 aliphatic carbocycles. The predicted octanol–water partition coefficient (Wildman–Crippen LogP) is 4.36. The molecule has 0 saturated carbocycles. The van der Waals surface area contributed by atoms with E-state index in [1.54, 1.807) is 6.07 Å². The van der Waals surface area contributed by atoms with Gasteiger partial charge in [0.15, 0.2) is 5.58 Å². The molecule has 1 aromatic carbocycles. The minimum atomic E-state index is -0.573. The number of aliphatic hydroxyl groups excluding tert-OH is 1. The Labute approximate surface area is 125 Å². The molecule has 5 heteroatoms. The molecular formula is C14H15ClO2S2. The first-order chi connectivity index (χ1) is 9.16. The molecule has 3 atom stereocenters. The molecule has 19 heavy (non-hydrogen) atoms. The zero-order valence-electron chi connectivity index (χ0n) is 10.5. The Morgan fingerprint density at radius 1 is 1.37 bits per heavy atom. The second-order valence-electron chi connectivity index (χ2n) is 4.66. The van der Waals surface area contributed by atoms with Gasteiger partial charge in [-0.25, -0.2) is 0 Å². The fourth-order valence-electron chi connectivity index (χ4n) is 2.35. The Morgan fingerprint density at radius 2 is 2.16 bits per heavy atom. The van der Waals surface area contributed by atoms with E-state index in [-0.39, 0.29) is 5.25 Å². The molecule has 1 saturated heterocycles. The van der Waals surface area contributed by atoms with Crippen LogP contribution in [0.1, 0.15) is 18.8 Å². The van der Waals surface area contributed by atoms with Gasteiger partial charge in [-0.1, -0.05) is 30.7 Å². The largest absolute Gasteiger partial charge is 0.457 e. The number of aliphatic hydroxyl groups is 1. The molecule has 3 unspecified atom stereocenters. The second-order valence-corrected chi connectivity index (χ2v) is 7.84. The summed E-state index contributed by atoms with van der Waals surface area (Å²) in [5.74, 6) is 2.86. The summed E-state index contributed by atoms with van der Waals surface area (Å²) < 4.78 is 5.76. The lowest BCUT2D eigenvalue weighted by atomic mass is 10.1. The van der Waals surface area contributed by atoms with E-state index in [0.29, 0.717) is 21.6 Å². The van der Waals surface area contributed by atoms with Gasteiger partial charge in [-0.3, -0.25) is 0 Å². The zero-order valence-corrected chi connectivity index (χ0v) is 12.9. The maximum atomic E-state index is 10.5. The van der Waals surface area contributed by atoms with Crippen molar-refractivity contribution < 1.29 is 9.52 Å². The average molecular weight is 315 g/mol. The number of fused-ring (bicyclic) bond motifs is 1. The van der Waals surface area contributed by atoms with E-state index in [1.807, 2.05) is 41.7 Å². The van der Waals surface area contributed by atoms with Crippen LogP contribution in [0.3, 0.4) is 0 Å². The van der Waals surface area contributed by atoms with Gasteiger partial charge in [0.2, 0.25) is 0 Å². The number of para-hydroxylation sites is 1. The third-order valence-corrected chi connectivity index (χ3v) is 6.83. The number of benzene rings is 1.